The number of hydrogen-bond acceptors (Lipinski definition) is 8. The van der Waals surface area contributed by atoms with E-state index in [4.69, 9.17) is 14.2 Å². The Morgan fingerprint density at radius 2 is 1.63 bits per heavy atom. The summed E-state index contributed by atoms with van der Waals surface area (Å²) in [4.78, 5) is 55.2. The normalized spacial score (nSPS) is 22.2. The molecule has 9 nitrogen and oxygen atoms in total. The number of likely N-dealkylation sites (tertiary alicyclic amines) is 1. The quantitative estimate of drug-likeness (QED) is 0.504. The lowest BCUT2D eigenvalue weighted by molar-refractivity contribution is -0.159. The molecule has 9 heteroatoms. The molecule has 148 valence electrons. The van der Waals surface area contributed by atoms with Gasteiger partial charge in [0.15, 0.2) is 6.61 Å². The second-order valence-electron chi connectivity index (χ2n) is 6.42. The number of methoxy groups -OCH3 is 2. The molecule has 0 bridgehead atoms. The van der Waals surface area contributed by atoms with Crippen molar-refractivity contribution in [1.82, 2.24) is 4.90 Å². The van der Waals surface area contributed by atoms with E-state index in [1.165, 1.54) is 14.2 Å². The summed E-state index contributed by atoms with van der Waals surface area (Å²) in [6.07, 6.45) is 1.83. The fraction of sp³-hybridized carbons (Fsp3) is 0.611. The van der Waals surface area contributed by atoms with Gasteiger partial charge in [-0.15, -0.1) is 0 Å². The van der Waals surface area contributed by atoms with Gasteiger partial charge in [0.2, 0.25) is 0 Å². The third-order valence-corrected chi connectivity index (χ3v) is 4.74. The number of carbonyl (C=O) groups excluding carboxylic acids is 4. The van der Waals surface area contributed by atoms with Crippen LogP contribution in [0, 0.1) is 11.8 Å². The molecule has 0 aromatic heterocycles. The average molecular weight is 380 g/mol. The van der Waals surface area contributed by atoms with Gasteiger partial charge in [0.05, 0.1) is 19.8 Å². The molecule has 2 aliphatic heterocycles. The molecule has 0 aromatic carbocycles. The highest BCUT2D eigenvalue weighted by Gasteiger charge is 2.46. The van der Waals surface area contributed by atoms with Gasteiger partial charge in [-0.25, -0.2) is 4.79 Å². The molecule has 27 heavy (non-hydrogen) atoms. The third-order valence-electron chi connectivity index (χ3n) is 4.74. The Balaban J connectivity index is 2.26. The molecule has 2 heterocycles. The molecule has 1 unspecified atom stereocenters. The minimum absolute atomic E-state index is 0.0721. The molecule has 0 saturated carbocycles. The van der Waals surface area contributed by atoms with E-state index in [0.29, 0.717) is 18.8 Å². The highest BCUT2D eigenvalue weighted by atomic mass is 16.5. The van der Waals surface area contributed by atoms with Gasteiger partial charge in [0.1, 0.15) is 11.8 Å². The van der Waals surface area contributed by atoms with E-state index >= 15 is 0 Å². The molecule has 2 rings (SSSR count). The molecule has 1 amide bonds. The Morgan fingerprint density at radius 1 is 1.00 bits per heavy atom. The zero-order valence-electron chi connectivity index (χ0n) is 15.9. The Labute approximate surface area is 157 Å². The van der Waals surface area contributed by atoms with Crippen molar-refractivity contribution in [2.75, 3.05) is 33.9 Å². The van der Waals surface area contributed by atoms with E-state index in [0.717, 1.165) is 12.8 Å². The van der Waals surface area contributed by atoms with Crippen molar-refractivity contribution >= 4 is 29.5 Å². The van der Waals surface area contributed by atoms with E-state index in [-0.39, 0.29) is 17.2 Å². The molecule has 1 fully saturated rings. The van der Waals surface area contributed by atoms with E-state index in [2.05, 4.69) is 4.99 Å². The molecule has 2 aliphatic rings. The first-order valence-corrected chi connectivity index (χ1v) is 8.68. The van der Waals surface area contributed by atoms with Crippen LogP contribution in [-0.2, 0) is 33.4 Å². The molecule has 2 atom stereocenters. The number of esters is 3. The largest absolute Gasteiger partial charge is 0.468 e. The highest BCUT2D eigenvalue weighted by Crippen LogP contribution is 2.33. The molecule has 0 N–H and O–H groups in total. The summed E-state index contributed by atoms with van der Waals surface area (Å²) in [5, 5.41) is 0. The fourth-order valence-electron chi connectivity index (χ4n) is 3.38. The maximum absolute atomic E-state index is 12.8. The smallest absolute Gasteiger partial charge is 0.336 e. The molecule has 0 radical (unpaired) electrons. The predicted octanol–water partition coefficient (Wildman–Crippen LogP) is 0.479. The zero-order valence-corrected chi connectivity index (χ0v) is 15.9. The van der Waals surface area contributed by atoms with Crippen LogP contribution in [0.15, 0.2) is 16.3 Å². The van der Waals surface area contributed by atoms with Crippen LogP contribution >= 0.6 is 0 Å². The summed E-state index contributed by atoms with van der Waals surface area (Å²) in [5.74, 6) is -5.09. The van der Waals surface area contributed by atoms with Crippen LogP contribution in [0.4, 0.5) is 0 Å². The lowest BCUT2D eigenvalue weighted by Crippen LogP contribution is -2.43. The monoisotopic (exact) mass is 380 g/mol. The SMILES string of the molecule is COC(=O)C1=C(C)N=C(C)C(C(=O)OC)[C@@H]1C(=O)OCC(=O)N1CCCC1. The van der Waals surface area contributed by atoms with Crippen molar-refractivity contribution in [2.24, 2.45) is 16.8 Å². The number of aliphatic imine (C=N–C) groups is 1. The second kappa shape index (κ2) is 8.79. The maximum atomic E-state index is 12.8. The molecule has 0 aliphatic carbocycles. The van der Waals surface area contributed by atoms with Crippen molar-refractivity contribution in [3.8, 4) is 0 Å². The predicted molar refractivity (Wildman–Crippen MR) is 93.6 cm³/mol. The van der Waals surface area contributed by atoms with Crippen molar-refractivity contribution < 1.29 is 33.4 Å². The minimum atomic E-state index is -1.28. The van der Waals surface area contributed by atoms with E-state index in [1.54, 1.807) is 18.7 Å². The lowest BCUT2D eigenvalue weighted by atomic mass is 9.80. The van der Waals surface area contributed by atoms with E-state index < -0.39 is 36.4 Å². The van der Waals surface area contributed by atoms with Gasteiger partial charge < -0.3 is 19.1 Å². The van der Waals surface area contributed by atoms with Crippen LogP contribution < -0.4 is 0 Å². The van der Waals surface area contributed by atoms with Gasteiger partial charge >= 0.3 is 17.9 Å². The Kier molecular flexibility index (Phi) is 6.70. The maximum Gasteiger partial charge on any atom is 0.336 e. The summed E-state index contributed by atoms with van der Waals surface area (Å²) in [6, 6.07) is 0. The topological polar surface area (TPSA) is 112 Å². The van der Waals surface area contributed by atoms with Crippen molar-refractivity contribution in [3.05, 3.63) is 11.3 Å². The van der Waals surface area contributed by atoms with Crippen LogP contribution in [0.3, 0.4) is 0 Å². The molecule has 0 spiro atoms. The summed E-state index contributed by atoms with van der Waals surface area (Å²) < 4.78 is 14.7. The average Bonchev–Trinajstić information content (AvgIpc) is 3.18. The summed E-state index contributed by atoms with van der Waals surface area (Å²) in [6.45, 7) is 3.91. The van der Waals surface area contributed by atoms with Crippen LogP contribution in [0.2, 0.25) is 0 Å². The van der Waals surface area contributed by atoms with Gasteiger partial charge in [-0.05, 0) is 26.7 Å². The van der Waals surface area contributed by atoms with Gasteiger partial charge in [-0.3, -0.25) is 19.4 Å². The standard InChI is InChI=1S/C18H24N2O7/c1-10-13(16(22)25-3)15(14(11(2)19-10)17(23)26-4)18(24)27-9-12(21)20-7-5-6-8-20/h13,15H,5-9H2,1-4H3/t13?,15-/m0/s1. The summed E-state index contributed by atoms with van der Waals surface area (Å²) in [7, 11) is 2.35. The highest BCUT2D eigenvalue weighted by molar-refractivity contribution is 6.10. The Hall–Kier alpha value is -2.71. The van der Waals surface area contributed by atoms with Gasteiger partial charge in [0, 0.05) is 24.5 Å². The third kappa shape index (κ3) is 4.35. The Bertz CT molecular complexity index is 704. The minimum Gasteiger partial charge on any atom is -0.468 e. The van der Waals surface area contributed by atoms with Crippen LogP contribution in [-0.4, -0.2) is 68.3 Å². The number of hydrogen-bond donors (Lipinski definition) is 0. The number of allylic oxidation sites excluding steroid dienone is 1. The summed E-state index contributed by atoms with van der Waals surface area (Å²) >= 11 is 0. The summed E-state index contributed by atoms with van der Waals surface area (Å²) in [5.41, 5.74) is 0.504. The van der Waals surface area contributed by atoms with Crippen molar-refractivity contribution in [2.45, 2.75) is 26.7 Å². The molecular formula is C18H24N2O7. The van der Waals surface area contributed by atoms with Crippen LogP contribution in [0.5, 0.6) is 0 Å². The first-order chi connectivity index (χ1) is 12.8. The van der Waals surface area contributed by atoms with Crippen LogP contribution in [0.1, 0.15) is 26.7 Å². The Morgan fingerprint density at radius 3 is 2.19 bits per heavy atom. The number of amides is 1. The van der Waals surface area contributed by atoms with Crippen molar-refractivity contribution in [3.63, 3.8) is 0 Å². The fourth-order valence-corrected chi connectivity index (χ4v) is 3.38. The zero-order chi connectivity index (χ0) is 20.1. The van der Waals surface area contributed by atoms with Crippen LogP contribution in [0.25, 0.3) is 0 Å². The first kappa shape index (κ1) is 20.6. The second-order valence-corrected chi connectivity index (χ2v) is 6.42. The molecular weight excluding hydrogens is 356 g/mol. The number of ether oxygens (including phenoxy) is 3. The first-order valence-electron chi connectivity index (χ1n) is 8.68. The van der Waals surface area contributed by atoms with E-state index in [9.17, 15) is 19.2 Å². The van der Waals surface area contributed by atoms with E-state index in [1.807, 2.05) is 0 Å². The lowest BCUT2D eigenvalue weighted by Gasteiger charge is -2.29. The van der Waals surface area contributed by atoms with Crippen molar-refractivity contribution in [1.29, 1.82) is 0 Å². The van der Waals surface area contributed by atoms with Gasteiger partial charge in [0.25, 0.3) is 5.91 Å². The van der Waals surface area contributed by atoms with Gasteiger partial charge in [-0.2, -0.15) is 0 Å². The number of carbonyl (C=O) groups is 4. The molecule has 1 saturated heterocycles. The number of nitrogens with zero attached hydrogens (tertiary/aromatic N) is 2. The van der Waals surface area contributed by atoms with Gasteiger partial charge in [-0.1, -0.05) is 0 Å². The molecule has 0 aromatic rings. The number of rotatable bonds is 5.